The van der Waals surface area contributed by atoms with E-state index in [4.69, 9.17) is 15.9 Å². The van der Waals surface area contributed by atoms with Crippen LogP contribution >= 0.6 is 0 Å². The molecule has 0 spiro atoms. The minimum Gasteiger partial charge on any atom is -0.464 e. The number of rotatable bonds is 5. The van der Waals surface area contributed by atoms with Crippen molar-refractivity contribution in [3.05, 3.63) is 36.2 Å². The van der Waals surface area contributed by atoms with E-state index in [1.807, 2.05) is 24.3 Å². The summed E-state index contributed by atoms with van der Waals surface area (Å²) in [6, 6.07) is 7.49. The number of anilines is 3. The van der Waals surface area contributed by atoms with Crippen molar-refractivity contribution in [2.24, 2.45) is 11.5 Å². The highest BCUT2D eigenvalue weighted by molar-refractivity contribution is 5.98. The van der Waals surface area contributed by atoms with Gasteiger partial charge in [-0.3, -0.25) is 4.79 Å². The van der Waals surface area contributed by atoms with Crippen LogP contribution in [0.5, 0.6) is 0 Å². The highest BCUT2D eigenvalue weighted by Crippen LogP contribution is 2.28. The Morgan fingerprint density at radius 1 is 1.19 bits per heavy atom. The number of aromatic nitrogens is 3. The Morgan fingerprint density at radius 3 is 2.85 bits per heavy atom. The number of nitrogens with zero attached hydrogens (tertiary/aromatic N) is 3. The molecular formula is C18H21N7O2. The molecule has 0 saturated heterocycles. The number of amides is 1. The predicted octanol–water partition coefficient (Wildman–Crippen LogP) is 2.14. The average Bonchev–Trinajstić information content (AvgIpc) is 3.13. The number of carbonyl (C=O) groups excluding carboxylic acids is 1. The molecule has 9 nitrogen and oxygen atoms in total. The van der Waals surface area contributed by atoms with E-state index in [0.29, 0.717) is 11.5 Å². The molecule has 1 amide bonds. The van der Waals surface area contributed by atoms with Crippen molar-refractivity contribution in [1.29, 1.82) is 0 Å². The van der Waals surface area contributed by atoms with Gasteiger partial charge in [-0.1, -0.05) is 18.9 Å². The van der Waals surface area contributed by atoms with Crippen molar-refractivity contribution in [3.63, 3.8) is 0 Å². The third-order valence-corrected chi connectivity index (χ3v) is 4.80. The maximum Gasteiger partial charge on any atom is 0.273 e. The summed E-state index contributed by atoms with van der Waals surface area (Å²) in [6.45, 7) is 0. The van der Waals surface area contributed by atoms with E-state index in [0.717, 1.165) is 36.8 Å². The number of primary amides is 1. The predicted molar refractivity (Wildman–Crippen MR) is 102 cm³/mol. The highest BCUT2D eigenvalue weighted by Gasteiger charge is 2.23. The largest absolute Gasteiger partial charge is 0.464 e. The molecule has 0 radical (unpaired) electrons. The molecule has 9 heteroatoms. The smallest absolute Gasteiger partial charge is 0.273 e. The molecule has 1 saturated carbocycles. The molecule has 2 heterocycles. The van der Waals surface area contributed by atoms with Crippen LogP contribution in [-0.4, -0.2) is 33.2 Å². The molecule has 0 aliphatic heterocycles. The Labute approximate surface area is 155 Å². The zero-order chi connectivity index (χ0) is 18.8. The Balaban J connectivity index is 1.65. The lowest BCUT2D eigenvalue weighted by Gasteiger charge is -2.29. The second kappa shape index (κ2) is 7.20. The summed E-state index contributed by atoms with van der Waals surface area (Å²) in [5.74, 6) is -0.167. The number of fused-ring (bicyclic) bond motifs is 1. The molecule has 0 bridgehead atoms. The summed E-state index contributed by atoms with van der Waals surface area (Å²) >= 11 is 0. The van der Waals surface area contributed by atoms with Crippen LogP contribution < -0.4 is 22.1 Å². The number of hydrogen-bond acceptors (Lipinski definition) is 8. The number of carbonyl (C=O) groups is 1. The first-order valence-electron chi connectivity index (χ1n) is 8.91. The van der Waals surface area contributed by atoms with Gasteiger partial charge in [-0.25, -0.2) is 0 Å². The normalized spacial score (nSPS) is 19.7. The van der Waals surface area contributed by atoms with Crippen LogP contribution in [-0.2, 0) is 0 Å². The second-order valence-corrected chi connectivity index (χ2v) is 6.66. The second-order valence-electron chi connectivity index (χ2n) is 6.66. The molecule has 2 atom stereocenters. The SMILES string of the molecule is NC(=O)c1nnc(N[C@@H]2CCCC[C@@H]2N)nc1Nc1cccc2occc12. The standard InChI is InChI=1S/C18H21N7O2/c19-11-4-1-2-5-13(11)22-18-23-17(15(16(20)26)24-25-18)21-12-6-3-7-14-10(12)8-9-27-14/h3,6-9,11,13H,1-2,4-5,19H2,(H2,20,26)(H2,21,22,23,25)/t11-,13+/m0/s1. The van der Waals surface area contributed by atoms with Gasteiger partial charge in [0, 0.05) is 17.5 Å². The number of nitrogens with one attached hydrogen (secondary N) is 2. The van der Waals surface area contributed by atoms with Crippen molar-refractivity contribution in [2.45, 2.75) is 37.8 Å². The third kappa shape index (κ3) is 3.54. The number of hydrogen-bond donors (Lipinski definition) is 4. The van der Waals surface area contributed by atoms with Gasteiger partial charge in [0.15, 0.2) is 11.5 Å². The van der Waals surface area contributed by atoms with Crippen LogP contribution in [0.2, 0.25) is 0 Å². The fourth-order valence-corrected chi connectivity index (χ4v) is 3.38. The van der Waals surface area contributed by atoms with Gasteiger partial charge in [-0.15, -0.1) is 10.2 Å². The van der Waals surface area contributed by atoms with Gasteiger partial charge in [0.25, 0.3) is 5.91 Å². The van der Waals surface area contributed by atoms with Gasteiger partial charge in [0.1, 0.15) is 5.58 Å². The lowest BCUT2D eigenvalue weighted by atomic mass is 9.91. The minimum atomic E-state index is -0.710. The molecule has 1 aromatic carbocycles. The highest BCUT2D eigenvalue weighted by atomic mass is 16.3. The Morgan fingerprint density at radius 2 is 2.04 bits per heavy atom. The first kappa shape index (κ1) is 17.2. The summed E-state index contributed by atoms with van der Waals surface area (Å²) in [4.78, 5) is 16.2. The van der Waals surface area contributed by atoms with Gasteiger partial charge in [0.05, 0.1) is 12.0 Å². The van der Waals surface area contributed by atoms with E-state index >= 15 is 0 Å². The number of benzene rings is 1. The van der Waals surface area contributed by atoms with Crippen LogP contribution in [0.1, 0.15) is 36.2 Å². The molecule has 1 aliphatic carbocycles. The Kier molecular flexibility index (Phi) is 4.59. The molecule has 140 valence electrons. The fourth-order valence-electron chi connectivity index (χ4n) is 3.38. The average molecular weight is 367 g/mol. The molecule has 27 heavy (non-hydrogen) atoms. The minimum absolute atomic E-state index is 0.0333. The van der Waals surface area contributed by atoms with Crippen LogP contribution in [0.4, 0.5) is 17.5 Å². The van der Waals surface area contributed by atoms with Crippen molar-refractivity contribution < 1.29 is 9.21 Å². The van der Waals surface area contributed by atoms with E-state index in [2.05, 4.69) is 25.8 Å². The maximum absolute atomic E-state index is 11.8. The molecule has 6 N–H and O–H groups in total. The van der Waals surface area contributed by atoms with Crippen molar-refractivity contribution >= 4 is 34.3 Å². The van der Waals surface area contributed by atoms with E-state index in [1.165, 1.54) is 0 Å². The van der Waals surface area contributed by atoms with Gasteiger partial charge in [0.2, 0.25) is 5.95 Å². The number of furan rings is 1. The van der Waals surface area contributed by atoms with Crippen LogP contribution in [0.25, 0.3) is 11.0 Å². The summed E-state index contributed by atoms with van der Waals surface area (Å²) < 4.78 is 5.40. The summed E-state index contributed by atoms with van der Waals surface area (Å²) in [5, 5.41) is 15.2. The van der Waals surface area contributed by atoms with Crippen LogP contribution in [0.3, 0.4) is 0 Å². The molecule has 0 unspecified atom stereocenters. The first-order valence-corrected chi connectivity index (χ1v) is 8.91. The molecule has 1 fully saturated rings. The van der Waals surface area contributed by atoms with Crippen LogP contribution in [0.15, 0.2) is 34.9 Å². The monoisotopic (exact) mass is 367 g/mol. The van der Waals surface area contributed by atoms with Gasteiger partial charge >= 0.3 is 0 Å². The third-order valence-electron chi connectivity index (χ3n) is 4.80. The summed E-state index contributed by atoms with van der Waals surface area (Å²) in [7, 11) is 0. The van der Waals surface area contributed by atoms with E-state index in [-0.39, 0.29) is 23.6 Å². The molecule has 4 rings (SSSR count). The fraction of sp³-hybridized carbons (Fsp3) is 0.333. The lowest BCUT2D eigenvalue weighted by molar-refractivity contribution is 0.0995. The van der Waals surface area contributed by atoms with E-state index < -0.39 is 5.91 Å². The van der Waals surface area contributed by atoms with E-state index in [9.17, 15) is 4.79 Å². The number of nitrogens with two attached hydrogens (primary N) is 2. The first-order chi connectivity index (χ1) is 13.1. The van der Waals surface area contributed by atoms with Gasteiger partial charge < -0.3 is 26.5 Å². The Bertz CT molecular complexity index is 971. The molecule has 1 aliphatic rings. The molecule has 3 aromatic rings. The Hall–Kier alpha value is -3.20. The maximum atomic E-state index is 11.8. The molecular weight excluding hydrogens is 346 g/mol. The summed E-state index contributed by atoms with van der Waals surface area (Å²) in [6.07, 6.45) is 5.73. The van der Waals surface area contributed by atoms with Crippen molar-refractivity contribution in [1.82, 2.24) is 15.2 Å². The van der Waals surface area contributed by atoms with Gasteiger partial charge in [-0.2, -0.15) is 4.98 Å². The summed E-state index contributed by atoms with van der Waals surface area (Å²) in [5.41, 5.74) is 13.0. The van der Waals surface area contributed by atoms with Crippen molar-refractivity contribution in [2.75, 3.05) is 10.6 Å². The van der Waals surface area contributed by atoms with Gasteiger partial charge in [-0.05, 0) is 31.0 Å². The van der Waals surface area contributed by atoms with Crippen LogP contribution in [0, 0.1) is 0 Å². The lowest BCUT2D eigenvalue weighted by Crippen LogP contribution is -2.43. The van der Waals surface area contributed by atoms with E-state index in [1.54, 1.807) is 6.26 Å². The zero-order valence-electron chi connectivity index (χ0n) is 14.7. The topological polar surface area (TPSA) is 145 Å². The quantitative estimate of drug-likeness (QED) is 0.536. The zero-order valence-corrected chi connectivity index (χ0v) is 14.7. The van der Waals surface area contributed by atoms with Crippen molar-refractivity contribution in [3.8, 4) is 0 Å². The molecule has 2 aromatic heterocycles.